The first kappa shape index (κ1) is 18.7. The molecule has 1 aromatic rings. The van der Waals surface area contributed by atoms with Crippen LogP contribution < -0.4 is 0 Å². The van der Waals surface area contributed by atoms with Gasteiger partial charge in [-0.15, -0.1) is 0 Å². The van der Waals surface area contributed by atoms with Crippen molar-refractivity contribution in [2.45, 2.75) is 65.6 Å². The molecular formula is C19H28ClNOS. The topological polar surface area (TPSA) is 29.4 Å². The van der Waals surface area contributed by atoms with Crippen molar-refractivity contribution < 1.29 is 4.21 Å². The molecule has 4 heteroatoms. The predicted octanol–water partition coefficient (Wildman–Crippen LogP) is 5.76. The molecule has 1 saturated carbocycles. The van der Waals surface area contributed by atoms with Crippen LogP contribution in [0.5, 0.6) is 0 Å². The second-order valence-corrected chi connectivity index (χ2v) is 10.9. The maximum absolute atomic E-state index is 12.2. The molecule has 0 aromatic heterocycles. The summed E-state index contributed by atoms with van der Waals surface area (Å²) in [6, 6.07) is 6.14. The highest BCUT2D eigenvalue weighted by Crippen LogP contribution is 2.57. The Morgan fingerprint density at radius 3 is 2.26 bits per heavy atom. The molecule has 2 nitrogen and oxygen atoms in total. The van der Waals surface area contributed by atoms with Crippen LogP contribution in [0.2, 0.25) is 5.02 Å². The van der Waals surface area contributed by atoms with Crippen LogP contribution in [0.25, 0.3) is 0 Å². The molecule has 0 bridgehead atoms. The average molecular weight is 354 g/mol. The standard InChI is InChI=1S/C19H28ClNOS/c1-12(21-23(22)19(5,6)7)13-8-9-14(17(20)10-13)15-11-16(15)18(2,3)4/h8-10,15-16H,11H2,1-7H3/t15-,16+,23-/m0/s1. The van der Waals surface area contributed by atoms with Gasteiger partial charge in [-0.2, -0.15) is 4.40 Å². The second-order valence-electron chi connectivity index (χ2n) is 8.59. The highest BCUT2D eigenvalue weighted by atomic mass is 35.5. The molecule has 3 atom stereocenters. The lowest BCUT2D eigenvalue weighted by atomic mass is 9.87. The van der Waals surface area contributed by atoms with Gasteiger partial charge in [0.1, 0.15) is 11.0 Å². The summed E-state index contributed by atoms with van der Waals surface area (Å²) < 4.78 is 16.1. The van der Waals surface area contributed by atoms with E-state index in [9.17, 15) is 4.21 Å². The zero-order valence-corrected chi connectivity index (χ0v) is 16.8. The minimum atomic E-state index is -1.25. The molecule has 0 heterocycles. The van der Waals surface area contributed by atoms with Gasteiger partial charge in [0.2, 0.25) is 0 Å². The van der Waals surface area contributed by atoms with Gasteiger partial charge in [0, 0.05) is 5.02 Å². The molecule has 1 aromatic carbocycles. The zero-order valence-electron chi connectivity index (χ0n) is 15.2. The molecule has 1 aliphatic rings. The normalized spacial score (nSPS) is 23.7. The Morgan fingerprint density at radius 2 is 1.83 bits per heavy atom. The first-order valence-electron chi connectivity index (χ1n) is 8.18. The van der Waals surface area contributed by atoms with E-state index in [1.54, 1.807) is 0 Å². The highest BCUT2D eigenvalue weighted by Gasteiger charge is 2.46. The van der Waals surface area contributed by atoms with Crippen LogP contribution in [0.1, 0.15) is 71.9 Å². The molecule has 0 saturated heterocycles. The third kappa shape index (κ3) is 4.45. The minimum absolute atomic E-state index is 0.327. The molecule has 23 heavy (non-hydrogen) atoms. The van der Waals surface area contributed by atoms with Gasteiger partial charge in [-0.3, -0.25) is 0 Å². The Bertz CT molecular complexity index is 652. The fourth-order valence-corrected chi connectivity index (χ4v) is 3.81. The Hall–Kier alpha value is -0.670. The van der Waals surface area contributed by atoms with E-state index in [1.165, 1.54) is 12.0 Å². The number of hydrogen-bond acceptors (Lipinski definition) is 1. The largest absolute Gasteiger partial charge is 0.234 e. The van der Waals surface area contributed by atoms with Gasteiger partial charge in [0.15, 0.2) is 0 Å². The van der Waals surface area contributed by atoms with Gasteiger partial charge in [-0.1, -0.05) is 44.5 Å². The first-order chi connectivity index (χ1) is 10.4. The van der Waals surface area contributed by atoms with Crippen LogP contribution in [0, 0.1) is 11.3 Å². The summed E-state index contributed by atoms with van der Waals surface area (Å²) in [5, 5.41) is 0.801. The molecule has 0 spiro atoms. The van der Waals surface area contributed by atoms with Gasteiger partial charge in [0.25, 0.3) is 0 Å². The lowest BCUT2D eigenvalue weighted by Gasteiger charge is -2.18. The fourth-order valence-electron chi connectivity index (χ4n) is 2.86. The van der Waals surface area contributed by atoms with Gasteiger partial charge < -0.3 is 0 Å². The van der Waals surface area contributed by atoms with E-state index in [2.05, 4.69) is 37.3 Å². The van der Waals surface area contributed by atoms with Crippen molar-refractivity contribution in [1.82, 2.24) is 0 Å². The highest BCUT2D eigenvalue weighted by molar-refractivity contribution is 7.85. The molecule has 0 aliphatic heterocycles. The third-order valence-electron chi connectivity index (χ3n) is 4.46. The van der Waals surface area contributed by atoms with Crippen molar-refractivity contribution in [2.75, 3.05) is 0 Å². The number of rotatable bonds is 3. The Balaban J connectivity index is 2.21. The molecule has 0 amide bonds. The van der Waals surface area contributed by atoms with Gasteiger partial charge in [-0.25, -0.2) is 4.21 Å². The van der Waals surface area contributed by atoms with Crippen LogP contribution in [-0.4, -0.2) is 14.7 Å². The van der Waals surface area contributed by atoms with Crippen molar-refractivity contribution in [3.8, 4) is 0 Å². The lowest BCUT2D eigenvalue weighted by molar-refractivity contribution is 0.343. The molecule has 1 fully saturated rings. The number of nitrogens with zero attached hydrogens (tertiary/aromatic N) is 1. The van der Waals surface area contributed by atoms with E-state index in [0.29, 0.717) is 17.3 Å². The van der Waals surface area contributed by atoms with Crippen molar-refractivity contribution in [2.24, 2.45) is 15.7 Å². The molecule has 1 aliphatic carbocycles. The molecule has 0 radical (unpaired) electrons. The Morgan fingerprint density at radius 1 is 1.22 bits per heavy atom. The summed E-state index contributed by atoms with van der Waals surface area (Å²) in [6.07, 6.45) is 1.21. The Labute approximate surface area is 148 Å². The van der Waals surface area contributed by atoms with E-state index in [-0.39, 0.29) is 4.75 Å². The van der Waals surface area contributed by atoms with Crippen molar-refractivity contribution >= 4 is 28.3 Å². The van der Waals surface area contributed by atoms with Crippen molar-refractivity contribution in [3.63, 3.8) is 0 Å². The number of hydrogen-bond donors (Lipinski definition) is 0. The summed E-state index contributed by atoms with van der Waals surface area (Å²) in [5.74, 6) is 1.27. The Kier molecular flexibility index (Phi) is 5.13. The monoisotopic (exact) mass is 353 g/mol. The SMILES string of the molecule is CC(=N[S@@](=O)C(C)(C)C)c1ccc([C@@H]2C[C@H]2C(C)(C)C)c(Cl)c1. The van der Waals surface area contributed by atoms with Crippen LogP contribution in [0.3, 0.4) is 0 Å². The lowest BCUT2D eigenvalue weighted by Crippen LogP contribution is -2.20. The first-order valence-corrected chi connectivity index (χ1v) is 9.67. The van der Waals surface area contributed by atoms with Gasteiger partial charge >= 0.3 is 0 Å². The maximum Gasteiger partial charge on any atom is 0.145 e. The van der Waals surface area contributed by atoms with E-state index in [0.717, 1.165) is 16.3 Å². The number of benzene rings is 1. The molecule has 0 unspecified atom stereocenters. The zero-order chi connectivity index (χ0) is 17.6. The molecule has 0 N–H and O–H groups in total. The van der Waals surface area contributed by atoms with Crippen LogP contribution in [-0.2, 0) is 11.0 Å². The second kappa shape index (κ2) is 6.33. The third-order valence-corrected chi connectivity index (χ3v) is 6.28. The summed E-state index contributed by atoms with van der Waals surface area (Å²) >= 11 is 6.52. The van der Waals surface area contributed by atoms with E-state index >= 15 is 0 Å². The summed E-state index contributed by atoms with van der Waals surface area (Å²) in [5.41, 5.74) is 3.28. The average Bonchev–Trinajstić information content (AvgIpc) is 3.17. The van der Waals surface area contributed by atoms with Gasteiger partial charge in [0.05, 0.1) is 10.5 Å². The smallest absolute Gasteiger partial charge is 0.145 e. The van der Waals surface area contributed by atoms with Gasteiger partial charge in [-0.05, 0) is 68.6 Å². The minimum Gasteiger partial charge on any atom is -0.234 e. The number of halogens is 1. The van der Waals surface area contributed by atoms with Crippen LogP contribution in [0.4, 0.5) is 0 Å². The van der Waals surface area contributed by atoms with E-state index in [1.807, 2.05) is 33.8 Å². The van der Waals surface area contributed by atoms with E-state index in [4.69, 9.17) is 11.6 Å². The molecule has 2 rings (SSSR count). The van der Waals surface area contributed by atoms with Crippen LogP contribution in [0.15, 0.2) is 22.6 Å². The summed E-state index contributed by atoms with van der Waals surface area (Å²) in [4.78, 5) is 0. The maximum atomic E-state index is 12.2. The summed E-state index contributed by atoms with van der Waals surface area (Å²) in [6.45, 7) is 14.5. The predicted molar refractivity (Wildman–Crippen MR) is 102 cm³/mol. The van der Waals surface area contributed by atoms with Crippen molar-refractivity contribution in [3.05, 3.63) is 34.3 Å². The quantitative estimate of drug-likeness (QED) is 0.635. The summed E-state index contributed by atoms with van der Waals surface area (Å²) in [7, 11) is -1.25. The molecule has 128 valence electrons. The van der Waals surface area contributed by atoms with Crippen LogP contribution >= 0.6 is 11.6 Å². The fraction of sp³-hybridized carbons (Fsp3) is 0.632. The molecular weight excluding hydrogens is 326 g/mol. The van der Waals surface area contributed by atoms with E-state index < -0.39 is 11.0 Å². The van der Waals surface area contributed by atoms with Crippen molar-refractivity contribution in [1.29, 1.82) is 0 Å².